The maximum absolute atomic E-state index is 11.9. The lowest BCUT2D eigenvalue weighted by Gasteiger charge is -2.34. The number of alkyl halides is 6. The summed E-state index contributed by atoms with van der Waals surface area (Å²) in [5.74, 6) is 0. The molecule has 0 fully saturated rings. The fourth-order valence-corrected chi connectivity index (χ4v) is 0.767. The van der Waals surface area contributed by atoms with Crippen molar-refractivity contribution in [3.8, 4) is 0 Å². The molecule has 0 amide bonds. The van der Waals surface area contributed by atoms with E-state index in [1.807, 2.05) is 0 Å². The van der Waals surface area contributed by atoms with Crippen LogP contribution in [-0.2, 0) is 0 Å². The highest BCUT2D eigenvalue weighted by Gasteiger charge is 2.70. The third kappa shape index (κ3) is 1.88. The summed E-state index contributed by atoms with van der Waals surface area (Å²) in [4.78, 5) is 0. The number of halogens is 6. The molecule has 8 heteroatoms. The molecule has 0 atom stereocenters. The standard InChI is InChI=1S/C5H7F6NO/c1-2-3(12-13,4(6,7)8)5(9,10)11/h12-13H,2H2,1H3. The van der Waals surface area contributed by atoms with Gasteiger partial charge in [0.15, 0.2) is 0 Å². The van der Waals surface area contributed by atoms with E-state index in [0.717, 1.165) is 0 Å². The van der Waals surface area contributed by atoms with Crippen LogP contribution in [0.5, 0.6) is 0 Å². The second-order valence-electron chi connectivity index (χ2n) is 2.37. The van der Waals surface area contributed by atoms with Crippen LogP contribution in [0, 0.1) is 0 Å². The highest BCUT2D eigenvalue weighted by Crippen LogP contribution is 2.44. The molecule has 2 nitrogen and oxygen atoms in total. The van der Waals surface area contributed by atoms with Crippen LogP contribution in [0.2, 0.25) is 0 Å². The van der Waals surface area contributed by atoms with Gasteiger partial charge in [0.25, 0.3) is 0 Å². The quantitative estimate of drug-likeness (QED) is 0.542. The average Bonchev–Trinajstić information content (AvgIpc) is 1.84. The minimum atomic E-state index is -5.59. The molecule has 0 unspecified atom stereocenters. The van der Waals surface area contributed by atoms with Crippen molar-refractivity contribution in [2.24, 2.45) is 0 Å². The Morgan fingerprint density at radius 3 is 1.31 bits per heavy atom. The maximum atomic E-state index is 11.9. The highest BCUT2D eigenvalue weighted by atomic mass is 19.4. The summed E-state index contributed by atoms with van der Waals surface area (Å²) in [6.07, 6.45) is -12.5. The highest BCUT2D eigenvalue weighted by molar-refractivity contribution is 4.98. The molecule has 0 radical (unpaired) electrons. The summed E-state index contributed by atoms with van der Waals surface area (Å²) < 4.78 is 71.6. The summed E-state index contributed by atoms with van der Waals surface area (Å²) in [7, 11) is 0. The molecule has 0 saturated heterocycles. The SMILES string of the molecule is CCC(NO)(C(F)(F)F)C(F)(F)F. The summed E-state index contributed by atoms with van der Waals surface area (Å²) in [6, 6.07) is 0. The Hall–Kier alpha value is -0.500. The summed E-state index contributed by atoms with van der Waals surface area (Å²) in [5, 5.41) is 7.96. The predicted molar refractivity (Wildman–Crippen MR) is 30.1 cm³/mol. The second-order valence-corrected chi connectivity index (χ2v) is 2.37. The van der Waals surface area contributed by atoms with E-state index in [2.05, 4.69) is 0 Å². The van der Waals surface area contributed by atoms with Crippen molar-refractivity contribution in [3.63, 3.8) is 0 Å². The fourth-order valence-electron chi connectivity index (χ4n) is 0.767. The van der Waals surface area contributed by atoms with Gasteiger partial charge < -0.3 is 5.21 Å². The minimum Gasteiger partial charge on any atom is -0.316 e. The van der Waals surface area contributed by atoms with Crippen LogP contribution in [0.3, 0.4) is 0 Å². The van der Waals surface area contributed by atoms with Gasteiger partial charge in [-0.25, -0.2) is 0 Å². The van der Waals surface area contributed by atoms with E-state index in [4.69, 9.17) is 5.21 Å². The van der Waals surface area contributed by atoms with Crippen LogP contribution in [0.15, 0.2) is 0 Å². The average molecular weight is 211 g/mol. The first-order chi connectivity index (χ1) is 5.62. The minimum absolute atomic E-state index is 0.295. The van der Waals surface area contributed by atoms with Gasteiger partial charge in [0.1, 0.15) is 0 Å². The van der Waals surface area contributed by atoms with Crippen LogP contribution >= 0.6 is 0 Å². The lowest BCUT2D eigenvalue weighted by atomic mass is 9.96. The van der Waals surface area contributed by atoms with Gasteiger partial charge in [0.2, 0.25) is 5.54 Å². The maximum Gasteiger partial charge on any atom is 0.417 e. The molecule has 0 aromatic carbocycles. The van der Waals surface area contributed by atoms with Crippen LogP contribution in [0.25, 0.3) is 0 Å². The summed E-state index contributed by atoms with van der Waals surface area (Å²) in [5.41, 5.74) is -3.94. The number of rotatable bonds is 2. The van der Waals surface area contributed by atoms with Gasteiger partial charge in [-0.15, -0.1) is 0 Å². The molecule has 0 saturated carbocycles. The Morgan fingerprint density at radius 1 is 1.00 bits per heavy atom. The molecule has 0 heterocycles. The number of nitrogens with one attached hydrogen (secondary N) is 1. The van der Waals surface area contributed by atoms with Gasteiger partial charge in [0, 0.05) is 0 Å². The Labute approximate surface area is 69.5 Å². The van der Waals surface area contributed by atoms with E-state index in [1.165, 1.54) is 0 Å². The first-order valence-electron chi connectivity index (χ1n) is 3.17. The zero-order valence-corrected chi connectivity index (χ0v) is 6.42. The Kier molecular flexibility index (Phi) is 3.21. The van der Waals surface area contributed by atoms with Gasteiger partial charge >= 0.3 is 12.4 Å². The molecular weight excluding hydrogens is 204 g/mol. The van der Waals surface area contributed by atoms with Crippen molar-refractivity contribution in [1.29, 1.82) is 0 Å². The third-order valence-corrected chi connectivity index (χ3v) is 1.69. The molecule has 0 aromatic heterocycles. The van der Waals surface area contributed by atoms with Crippen molar-refractivity contribution in [2.45, 2.75) is 31.2 Å². The second kappa shape index (κ2) is 3.33. The molecule has 0 bridgehead atoms. The van der Waals surface area contributed by atoms with Crippen LogP contribution in [0.4, 0.5) is 26.3 Å². The first kappa shape index (κ1) is 12.5. The number of hydroxylamine groups is 1. The lowest BCUT2D eigenvalue weighted by molar-refractivity contribution is -0.328. The number of hydrogen-bond acceptors (Lipinski definition) is 2. The van der Waals surface area contributed by atoms with Gasteiger partial charge in [-0.3, -0.25) is 0 Å². The van der Waals surface area contributed by atoms with Crippen molar-refractivity contribution < 1.29 is 31.5 Å². The smallest absolute Gasteiger partial charge is 0.316 e. The van der Waals surface area contributed by atoms with E-state index in [9.17, 15) is 26.3 Å². The normalized spacial score (nSPS) is 14.8. The van der Waals surface area contributed by atoms with Crippen molar-refractivity contribution in [2.75, 3.05) is 0 Å². The molecule has 2 N–H and O–H groups in total. The largest absolute Gasteiger partial charge is 0.417 e. The molecular formula is C5H7F6NO. The van der Waals surface area contributed by atoms with Gasteiger partial charge in [-0.1, -0.05) is 6.92 Å². The molecule has 0 aliphatic rings. The molecule has 0 aliphatic heterocycles. The molecule has 13 heavy (non-hydrogen) atoms. The Morgan fingerprint density at radius 2 is 1.31 bits per heavy atom. The molecule has 80 valence electrons. The molecule has 0 aromatic rings. The van der Waals surface area contributed by atoms with Crippen LogP contribution in [-0.4, -0.2) is 23.1 Å². The third-order valence-electron chi connectivity index (χ3n) is 1.69. The van der Waals surface area contributed by atoms with Crippen molar-refractivity contribution in [3.05, 3.63) is 0 Å². The van der Waals surface area contributed by atoms with E-state index in [1.54, 1.807) is 0 Å². The molecule has 0 rings (SSSR count). The monoisotopic (exact) mass is 211 g/mol. The zero-order valence-electron chi connectivity index (χ0n) is 6.42. The van der Waals surface area contributed by atoms with E-state index < -0.39 is 24.3 Å². The van der Waals surface area contributed by atoms with E-state index >= 15 is 0 Å². The first-order valence-corrected chi connectivity index (χ1v) is 3.17. The van der Waals surface area contributed by atoms with Crippen LogP contribution < -0.4 is 5.48 Å². The summed E-state index contributed by atoms with van der Waals surface area (Å²) >= 11 is 0. The zero-order chi connectivity index (χ0) is 10.9. The van der Waals surface area contributed by atoms with Crippen molar-refractivity contribution >= 4 is 0 Å². The Bertz CT molecular complexity index is 153. The Balaban J connectivity index is 5.17. The van der Waals surface area contributed by atoms with Gasteiger partial charge in [-0.05, 0) is 6.42 Å². The topological polar surface area (TPSA) is 32.3 Å². The van der Waals surface area contributed by atoms with Crippen LogP contribution in [0.1, 0.15) is 13.3 Å². The molecule has 0 spiro atoms. The predicted octanol–water partition coefficient (Wildman–Crippen LogP) is 2.24. The van der Waals surface area contributed by atoms with Gasteiger partial charge in [-0.2, -0.15) is 31.8 Å². The number of hydrogen-bond donors (Lipinski definition) is 2. The lowest BCUT2D eigenvalue weighted by Crippen LogP contribution is -2.64. The van der Waals surface area contributed by atoms with E-state index in [-0.39, 0.29) is 0 Å². The van der Waals surface area contributed by atoms with Gasteiger partial charge in [0.05, 0.1) is 0 Å². The van der Waals surface area contributed by atoms with Crippen molar-refractivity contribution in [1.82, 2.24) is 5.48 Å². The summed E-state index contributed by atoms with van der Waals surface area (Å²) in [6.45, 7) is 0.671. The molecule has 0 aliphatic carbocycles. The van der Waals surface area contributed by atoms with E-state index in [0.29, 0.717) is 12.4 Å². The fraction of sp³-hybridized carbons (Fsp3) is 1.00.